The second kappa shape index (κ2) is 4.81. The minimum Gasteiger partial charge on any atom is -0.481 e. The average Bonchev–Trinajstić information content (AvgIpc) is 2.81. The fourth-order valence-corrected chi connectivity index (χ4v) is 2.14. The van der Waals surface area contributed by atoms with Gasteiger partial charge in [-0.1, -0.05) is 0 Å². The van der Waals surface area contributed by atoms with Crippen LogP contribution in [0.3, 0.4) is 0 Å². The SMILES string of the molecule is O=Cc1cc(F)c(F)cc1C1CC(C(=O)O)CN1. The number of carbonyl (C=O) groups is 2. The van der Waals surface area contributed by atoms with E-state index in [0.29, 0.717) is 11.8 Å². The molecule has 0 bridgehead atoms. The second-order valence-corrected chi connectivity index (χ2v) is 4.24. The maximum atomic E-state index is 13.2. The standard InChI is InChI=1S/C12H11F2NO3/c13-9-1-7(5-16)8(3-10(9)14)11-2-6(4-15-11)12(17)18/h1,3,5-6,11,15H,2,4H2,(H,17,18). The predicted molar refractivity (Wildman–Crippen MR) is 58.2 cm³/mol. The van der Waals surface area contributed by atoms with Crippen molar-refractivity contribution in [3.63, 3.8) is 0 Å². The lowest BCUT2D eigenvalue weighted by molar-refractivity contribution is -0.141. The van der Waals surface area contributed by atoms with Gasteiger partial charge in [-0.15, -0.1) is 0 Å². The van der Waals surface area contributed by atoms with Crippen LogP contribution in [0.4, 0.5) is 8.78 Å². The van der Waals surface area contributed by atoms with Crippen LogP contribution in [0.2, 0.25) is 0 Å². The van der Waals surface area contributed by atoms with Crippen LogP contribution in [-0.4, -0.2) is 23.9 Å². The molecule has 2 N–H and O–H groups in total. The number of benzene rings is 1. The van der Waals surface area contributed by atoms with Crippen molar-refractivity contribution in [2.45, 2.75) is 12.5 Å². The summed E-state index contributed by atoms with van der Waals surface area (Å²) in [5, 5.41) is 11.8. The fourth-order valence-electron chi connectivity index (χ4n) is 2.14. The molecule has 4 nitrogen and oxygen atoms in total. The second-order valence-electron chi connectivity index (χ2n) is 4.24. The molecular formula is C12H11F2NO3. The Morgan fingerprint density at radius 2 is 2.06 bits per heavy atom. The molecule has 0 saturated carbocycles. The van der Waals surface area contributed by atoms with Crippen LogP contribution >= 0.6 is 0 Å². The van der Waals surface area contributed by atoms with E-state index in [-0.39, 0.29) is 18.5 Å². The lowest BCUT2D eigenvalue weighted by Gasteiger charge is -2.13. The highest BCUT2D eigenvalue weighted by molar-refractivity contribution is 5.78. The van der Waals surface area contributed by atoms with Gasteiger partial charge >= 0.3 is 5.97 Å². The van der Waals surface area contributed by atoms with E-state index in [9.17, 15) is 18.4 Å². The van der Waals surface area contributed by atoms with Gasteiger partial charge in [0.05, 0.1) is 5.92 Å². The molecule has 2 unspecified atom stereocenters. The lowest BCUT2D eigenvalue weighted by atomic mass is 9.96. The minimum atomic E-state index is -1.09. The van der Waals surface area contributed by atoms with E-state index in [1.165, 1.54) is 0 Å². The van der Waals surface area contributed by atoms with Crippen molar-refractivity contribution in [3.05, 3.63) is 34.9 Å². The first-order chi connectivity index (χ1) is 8.52. The normalized spacial score (nSPS) is 23.0. The van der Waals surface area contributed by atoms with Gasteiger partial charge < -0.3 is 10.4 Å². The summed E-state index contributed by atoms with van der Waals surface area (Å²) < 4.78 is 26.2. The maximum absolute atomic E-state index is 13.2. The Balaban J connectivity index is 2.31. The summed E-state index contributed by atoms with van der Waals surface area (Å²) in [7, 11) is 0. The number of halogens is 2. The van der Waals surface area contributed by atoms with Gasteiger partial charge in [-0.25, -0.2) is 8.78 Å². The third-order valence-electron chi connectivity index (χ3n) is 3.11. The Kier molecular flexibility index (Phi) is 3.38. The highest BCUT2D eigenvalue weighted by Crippen LogP contribution is 2.30. The lowest BCUT2D eigenvalue weighted by Crippen LogP contribution is -2.18. The van der Waals surface area contributed by atoms with Crippen molar-refractivity contribution in [3.8, 4) is 0 Å². The number of aldehydes is 1. The van der Waals surface area contributed by atoms with Gasteiger partial charge in [0, 0.05) is 18.2 Å². The van der Waals surface area contributed by atoms with Gasteiger partial charge in [-0.3, -0.25) is 9.59 Å². The van der Waals surface area contributed by atoms with Crippen molar-refractivity contribution in [2.75, 3.05) is 6.54 Å². The summed E-state index contributed by atoms with van der Waals surface area (Å²) in [6.07, 6.45) is 0.689. The molecule has 96 valence electrons. The smallest absolute Gasteiger partial charge is 0.307 e. The number of carboxylic acid groups (broad SMARTS) is 1. The highest BCUT2D eigenvalue weighted by atomic mass is 19.2. The molecule has 1 aliphatic rings. The summed E-state index contributed by atoms with van der Waals surface area (Å²) in [6, 6.07) is 1.33. The summed E-state index contributed by atoms with van der Waals surface area (Å²) in [4.78, 5) is 21.6. The molecule has 1 saturated heterocycles. The van der Waals surface area contributed by atoms with Gasteiger partial charge in [-0.2, -0.15) is 0 Å². The molecule has 6 heteroatoms. The topological polar surface area (TPSA) is 66.4 Å². The molecule has 2 atom stereocenters. The Morgan fingerprint density at radius 3 is 2.61 bits per heavy atom. The zero-order valence-electron chi connectivity index (χ0n) is 9.32. The van der Waals surface area contributed by atoms with E-state index in [1.807, 2.05) is 0 Å². The molecule has 1 aromatic rings. The molecular weight excluding hydrogens is 244 g/mol. The molecule has 1 aliphatic heterocycles. The van der Waals surface area contributed by atoms with Crippen molar-refractivity contribution in [1.82, 2.24) is 5.32 Å². The number of rotatable bonds is 3. The fraction of sp³-hybridized carbons (Fsp3) is 0.333. The molecule has 0 aliphatic carbocycles. The quantitative estimate of drug-likeness (QED) is 0.803. The molecule has 0 spiro atoms. The van der Waals surface area contributed by atoms with Gasteiger partial charge in [-0.05, 0) is 24.1 Å². The van der Waals surface area contributed by atoms with Crippen LogP contribution in [0.1, 0.15) is 28.4 Å². The summed E-state index contributed by atoms with van der Waals surface area (Å²) in [5.74, 6) is -3.66. The highest BCUT2D eigenvalue weighted by Gasteiger charge is 2.31. The van der Waals surface area contributed by atoms with Crippen LogP contribution in [0.25, 0.3) is 0 Å². The molecule has 1 aromatic carbocycles. The molecule has 18 heavy (non-hydrogen) atoms. The van der Waals surface area contributed by atoms with Gasteiger partial charge in [0.15, 0.2) is 11.6 Å². The third kappa shape index (κ3) is 2.24. The van der Waals surface area contributed by atoms with E-state index in [2.05, 4.69) is 5.32 Å². The van der Waals surface area contributed by atoms with Crippen LogP contribution in [0.5, 0.6) is 0 Å². The number of nitrogens with one attached hydrogen (secondary N) is 1. The number of carboxylic acids is 1. The van der Waals surface area contributed by atoms with E-state index in [0.717, 1.165) is 12.1 Å². The molecule has 0 amide bonds. The summed E-state index contributed by atoms with van der Waals surface area (Å²) in [6.45, 7) is 0.247. The summed E-state index contributed by atoms with van der Waals surface area (Å²) >= 11 is 0. The molecule has 1 heterocycles. The number of hydrogen-bond donors (Lipinski definition) is 2. The molecule has 0 radical (unpaired) electrons. The summed E-state index contributed by atoms with van der Waals surface area (Å²) in [5.41, 5.74) is 0.338. The van der Waals surface area contributed by atoms with Gasteiger partial charge in [0.2, 0.25) is 0 Å². The number of aliphatic carboxylic acids is 1. The van der Waals surface area contributed by atoms with Crippen molar-refractivity contribution < 1.29 is 23.5 Å². The Bertz CT molecular complexity index is 504. The Hall–Kier alpha value is -1.82. The van der Waals surface area contributed by atoms with Crippen molar-refractivity contribution in [2.24, 2.45) is 5.92 Å². The third-order valence-corrected chi connectivity index (χ3v) is 3.11. The average molecular weight is 255 g/mol. The van der Waals surface area contributed by atoms with E-state index in [1.54, 1.807) is 0 Å². The van der Waals surface area contributed by atoms with Crippen molar-refractivity contribution in [1.29, 1.82) is 0 Å². The predicted octanol–water partition coefficient (Wildman–Crippen LogP) is 1.51. The Morgan fingerprint density at radius 1 is 1.39 bits per heavy atom. The van der Waals surface area contributed by atoms with E-state index >= 15 is 0 Å². The number of hydrogen-bond acceptors (Lipinski definition) is 3. The largest absolute Gasteiger partial charge is 0.481 e. The van der Waals surface area contributed by atoms with Crippen LogP contribution < -0.4 is 5.32 Å². The van der Waals surface area contributed by atoms with E-state index in [4.69, 9.17) is 5.11 Å². The maximum Gasteiger partial charge on any atom is 0.307 e. The van der Waals surface area contributed by atoms with Gasteiger partial charge in [0.1, 0.15) is 6.29 Å². The molecule has 1 fully saturated rings. The molecule has 0 aromatic heterocycles. The van der Waals surface area contributed by atoms with Crippen LogP contribution in [0, 0.1) is 17.6 Å². The molecule has 2 rings (SSSR count). The van der Waals surface area contributed by atoms with E-state index < -0.39 is 29.6 Å². The van der Waals surface area contributed by atoms with Gasteiger partial charge in [0.25, 0.3) is 0 Å². The van der Waals surface area contributed by atoms with Crippen LogP contribution in [0.15, 0.2) is 12.1 Å². The zero-order chi connectivity index (χ0) is 13.3. The number of carbonyl (C=O) groups excluding carboxylic acids is 1. The monoisotopic (exact) mass is 255 g/mol. The first kappa shape index (κ1) is 12.6. The van der Waals surface area contributed by atoms with Crippen LogP contribution in [-0.2, 0) is 4.79 Å². The first-order valence-electron chi connectivity index (χ1n) is 5.43. The van der Waals surface area contributed by atoms with Crippen molar-refractivity contribution >= 4 is 12.3 Å². The Labute approximate surface area is 102 Å². The zero-order valence-corrected chi connectivity index (χ0v) is 9.32. The minimum absolute atomic E-state index is 0.0393. The first-order valence-corrected chi connectivity index (χ1v) is 5.43.